The standard InChI is InChI=1S/C16H17BrClN5O/c1-22-6-8-23(9-7-22)15(24)11-2-4-12(5-3-11)20-16-19-10-13(17)14(18)21-16/h2-5,10H,6-9H2,1H3,(H,19,20,21). The molecule has 0 unspecified atom stereocenters. The summed E-state index contributed by atoms with van der Waals surface area (Å²) in [6.45, 7) is 3.35. The maximum absolute atomic E-state index is 12.5. The molecule has 1 amide bonds. The molecule has 1 fully saturated rings. The number of hydrogen-bond donors (Lipinski definition) is 1. The number of nitrogens with zero attached hydrogens (tertiary/aromatic N) is 4. The third kappa shape index (κ3) is 4.03. The van der Waals surface area contributed by atoms with E-state index in [2.05, 4.69) is 43.2 Å². The van der Waals surface area contributed by atoms with Crippen LogP contribution < -0.4 is 5.32 Å². The van der Waals surface area contributed by atoms with Crippen molar-refractivity contribution in [1.82, 2.24) is 19.8 Å². The first kappa shape index (κ1) is 17.1. The Balaban J connectivity index is 1.66. The smallest absolute Gasteiger partial charge is 0.253 e. The van der Waals surface area contributed by atoms with Crippen molar-refractivity contribution in [1.29, 1.82) is 0 Å². The first-order valence-electron chi connectivity index (χ1n) is 7.56. The largest absolute Gasteiger partial charge is 0.336 e. The molecule has 1 saturated heterocycles. The summed E-state index contributed by atoms with van der Waals surface area (Å²) in [6, 6.07) is 7.29. The van der Waals surface area contributed by atoms with E-state index in [1.165, 1.54) is 0 Å². The predicted octanol–water partition coefficient (Wildman–Crippen LogP) is 3.02. The Morgan fingerprint density at radius 1 is 1.21 bits per heavy atom. The van der Waals surface area contributed by atoms with E-state index in [0.29, 0.717) is 21.1 Å². The highest BCUT2D eigenvalue weighted by Crippen LogP contribution is 2.22. The molecule has 1 N–H and O–H groups in total. The van der Waals surface area contributed by atoms with Crippen LogP contribution in [0.5, 0.6) is 0 Å². The van der Waals surface area contributed by atoms with Crippen molar-refractivity contribution in [3.05, 3.63) is 45.7 Å². The van der Waals surface area contributed by atoms with Crippen LogP contribution in [-0.4, -0.2) is 58.9 Å². The Bertz CT molecular complexity index is 732. The minimum atomic E-state index is 0.0672. The minimum Gasteiger partial charge on any atom is -0.336 e. The van der Waals surface area contributed by atoms with Crippen LogP contribution in [0.4, 0.5) is 11.6 Å². The number of piperazine rings is 1. The molecular weight excluding hydrogens is 394 g/mol. The van der Waals surface area contributed by atoms with Crippen LogP contribution in [0.1, 0.15) is 10.4 Å². The highest BCUT2D eigenvalue weighted by molar-refractivity contribution is 9.10. The van der Waals surface area contributed by atoms with Gasteiger partial charge in [0.2, 0.25) is 5.95 Å². The molecular formula is C16H17BrClN5O. The second-order valence-electron chi connectivity index (χ2n) is 5.63. The fraction of sp³-hybridized carbons (Fsp3) is 0.312. The lowest BCUT2D eigenvalue weighted by Gasteiger charge is -2.32. The van der Waals surface area contributed by atoms with Gasteiger partial charge in [-0.15, -0.1) is 0 Å². The van der Waals surface area contributed by atoms with E-state index in [1.807, 2.05) is 29.2 Å². The van der Waals surface area contributed by atoms with Gasteiger partial charge in [-0.25, -0.2) is 4.98 Å². The van der Waals surface area contributed by atoms with Crippen LogP contribution in [0.15, 0.2) is 34.9 Å². The summed E-state index contributed by atoms with van der Waals surface area (Å²) in [5.41, 5.74) is 1.48. The van der Waals surface area contributed by atoms with E-state index in [4.69, 9.17) is 11.6 Å². The van der Waals surface area contributed by atoms with Crippen molar-refractivity contribution in [3.63, 3.8) is 0 Å². The summed E-state index contributed by atoms with van der Waals surface area (Å²) in [6.07, 6.45) is 1.59. The number of hydrogen-bond acceptors (Lipinski definition) is 5. The second-order valence-corrected chi connectivity index (χ2v) is 6.84. The first-order chi connectivity index (χ1) is 11.5. The van der Waals surface area contributed by atoms with Gasteiger partial charge in [-0.05, 0) is 47.2 Å². The minimum absolute atomic E-state index is 0.0672. The van der Waals surface area contributed by atoms with E-state index >= 15 is 0 Å². The van der Waals surface area contributed by atoms with Crippen LogP contribution in [0.3, 0.4) is 0 Å². The molecule has 24 heavy (non-hydrogen) atoms. The molecule has 0 aliphatic carbocycles. The maximum Gasteiger partial charge on any atom is 0.253 e. The average molecular weight is 411 g/mol. The number of likely N-dealkylation sites (N-methyl/N-ethyl adjacent to an activating group) is 1. The highest BCUT2D eigenvalue weighted by Gasteiger charge is 2.20. The molecule has 2 aromatic rings. The lowest BCUT2D eigenvalue weighted by atomic mass is 10.1. The number of benzene rings is 1. The Hall–Kier alpha value is -1.70. The highest BCUT2D eigenvalue weighted by atomic mass is 79.9. The maximum atomic E-state index is 12.5. The van der Waals surface area contributed by atoms with Gasteiger partial charge in [-0.1, -0.05) is 11.6 Å². The Labute approximate surface area is 154 Å². The van der Waals surface area contributed by atoms with Gasteiger partial charge in [0.05, 0.1) is 4.47 Å². The van der Waals surface area contributed by atoms with Crippen molar-refractivity contribution in [3.8, 4) is 0 Å². The molecule has 126 valence electrons. The van der Waals surface area contributed by atoms with Crippen LogP contribution >= 0.6 is 27.5 Å². The van der Waals surface area contributed by atoms with Crippen LogP contribution in [0, 0.1) is 0 Å². The van der Waals surface area contributed by atoms with Gasteiger partial charge in [0.15, 0.2) is 0 Å². The van der Waals surface area contributed by atoms with Crippen LogP contribution in [0.2, 0.25) is 5.15 Å². The molecule has 1 aromatic carbocycles. The third-order valence-corrected chi connectivity index (χ3v) is 4.98. The van der Waals surface area contributed by atoms with Crippen molar-refractivity contribution in [2.45, 2.75) is 0 Å². The molecule has 0 atom stereocenters. The normalized spacial score (nSPS) is 15.4. The predicted molar refractivity (Wildman–Crippen MR) is 97.9 cm³/mol. The van der Waals surface area contributed by atoms with Gasteiger partial charge in [0.25, 0.3) is 5.91 Å². The summed E-state index contributed by atoms with van der Waals surface area (Å²) in [5.74, 6) is 0.471. The topological polar surface area (TPSA) is 61.4 Å². The van der Waals surface area contributed by atoms with Gasteiger partial charge >= 0.3 is 0 Å². The molecule has 2 heterocycles. The second kappa shape index (κ2) is 7.46. The first-order valence-corrected chi connectivity index (χ1v) is 8.73. The lowest BCUT2D eigenvalue weighted by Crippen LogP contribution is -2.47. The Kier molecular flexibility index (Phi) is 5.33. The molecule has 6 nitrogen and oxygen atoms in total. The van der Waals surface area contributed by atoms with Crippen molar-refractivity contribution in [2.75, 3.05) is 38.5 Å². The zero-order valence-corrected chi connectivity index (χ0v) is 15.5. The number of anilines is 2. The number of rotatable bonds is 3. The zero-order valence-electron chi connectivity index (χ0n) is 13.2. The fourth-order valence-electron chi connectivity index (χ4n) is 2.42. The van der Waals surface area contributed by atoms with Gasteiger partial charge in [-0.3, -0.25) is 4.79 Å². The summed E-state index contributed by atoms with van der Waals surface area (Å²) in [5, 5.41) is 3.41. The van der Waals surface area contributed by atoms with Crippen molar-refractivity contribution < 1.29 is 4.79 Å². The monoisotopic (exact) mass is 409 g/mol. The summed E-state index contributed by atoms with van der Waals surface area (Å²) < 4.78 is 0.642. The fourth-order valence-corrected chi connectivity index (χ4v) is 2.74. The SMILES string of the molecule is CN1CCN(C(=O)c2ccc(Nc3ncc(Br)c(Cl)n3)cc2)CC1. The van der Waals surface area contributed by atoms with Gasteiger partial charge in [0.1, 0.15) is 5.15 Å². The number of nitrogens with one attached hydrogen (secondary N) is 1. The molecule has 0 bridgehead atoms. The zero-order chi connectivity index (χ0) is 17.1. The van der Waals surface area contributed by atoms with E-state index in [1.54, 1.807) is 6.20 Å². The van der Waals surface area contributed by atoms with E-state index in [-0.39, 0.29) is 5.91 Å². The quantitative estimate of drug-likeness (QED) is 0.788. The van der Waals surface area contributed by atoms with Crippen LogP contribution in [-0.2, 0) is 0 Å². The molecule has 0 spiro atoms. The Morgan fingerprint density at radius 3 is 2.50 bits per heavy atom. The summed E-state index contributed by atoms with van der Waals surface area (Å²) in [7, 11) is 2.07. The molecule has 1 aliphatic rings. The number of halogens is 2. The number of carbonyl (C=O) groups excluding carboxylic acids is 1. The van der Waals surface area contributed by atoms with E-state index < -0.39 is 0 Å². The molecule has 0 radical (unpaired) electrons. The molecule has 8 heteroatoms. The van der Waals surface area contributed by atoms with Crippen molar-refractivity contribution in [2.24, 2.45) is 0 Å². The Morgan fingerprint density at radius 2 is 1.88 bits per heavy atom. The number of aromatic nitrogens is 2. The number of amides is 1. The third-order valence-electron chi connectivity index (χ3n) is 3.88. The lowest BCUT2D eigenvalue weighted by molar-refractivity contribution is 0.0664. The van der Waals surface area contributed by atoms with Gasteiger partial charge < -0.3 is 15.1 Å². The molecule has 1 aromatic heterocycles. The van der Waals surface area contributed by atoms with Crippen LogP contribution in [0.25, 0.3) is 0 Å². The van der Waals surface area contributed by atoms with E-state index in [0.717, 1.165) is 31.9 Å². The summed E-state index contributed by atoms with van der Waals surface area (Å²) in [4.78, 5) is 24.9. The molecule has 0 saturated carbocycles. The molecule has 3 rings (SSSR count). The average Bonchev–Trinajstić information content (AvgIpc) is 2.59. The van der Waals surface area contributed by atoms with Gasteiger partial charge in [0, 0.05) is 43.6 Å². The number of carbonyl (C=O) groups is 1. The summed E-state index contributed by atoms with van der Waals surface area (Å²) >= 11 is 9.20. The van der Waals surface area contributed by atoms with Crippen molar-refractivity contribution >= 4 is 45.1 Å². The molecule has 1 aliphatic heterocycles. The van der Waals surface area contributed by atoms with E-state index in [9.17, 15) is 4.79 Å². The van der Waals surface area contributed by atoms with Gasteiger partial charge in [-0.2, -0.15) is 4.98 Å².